The van der Waals surface area contributed by atoms with Crippen LogP contribution in [0.15, 0.2) is 133 Å². The Hall–Kier alpha value is -6.42. The molecule has 0 aliphatic carbocycles. The van der Waals surface area contributed by atoms with Crippen molar-refractivity contribution in [2.24, 2.45) is 5.92 Å². The van der Waals surface area contributed by atoms with E-state index in [0.717, 1.165) is 24.0 Å². The Kier molecular flexibility index (Phi) is 12.8. The highest BCUT2D eigenvalue weighted by molar-refractivity contribution is 6.00. The molecule has 296 valence electrons. The van der Waals surface area contributed by atoms with E-state index in [0.29, 0.717) is 34.7 Å². The summed E-state index contributed by atoms with van der Waals surface area (Å²) in [5, 5.41) is 5.82. The number of Topliss-reactive ketones (excluding diaryl/α,β-unsaturated/α-hetero) is 2. The van der Waals surface area contributed by atoms with Gasteiger partial charge in [-0.05, 0) is 96.8 Å². The Balaban J connectivity index is 1.22. The van der Waals surface area contributed by atoms with Crippen LogP contribution >= 0.6 is 0 Å². The first-order valence-corrected chi connectivity index (χ1v) is 19.9. The lowest BCUT2D eigenvalue weighted by atomic mass is 9.90. The number of rotatable bonds is 9. The number of likely N-dealkylation sites (tertiary alicyclic amines) is 1. The molecule has 5 aromatic rings. The molecule has 4 bridgehead atoms. The molecule has 2 N–H and O–H groups in total. The monoisotopic (exact) mass is 779 g/mol. The van der Waals surface area contributed by atoms with Gasteiger partial charge in [-0.3, -0.25) is 24.0 Å². The first kappa shape index (κ1) is 39.8. The molecule has 8 rings (SSSR count). The molecule has 9 nitrogen and oxygen atoms in total. The summed E-state index contributed by atoms with van der Waals surface area (Å²) in [6, 6.07) is 36.6. The number of hydrogen-bond acceptors (Lipinski definition) is 6. The zero-order chi connectivity index (χ0) is 40.4. The van der Waals surface area contributed by atoms with Gasteiger partial charge in [-0.25, -0.2) is 4.39 Å². The van der Waals surface area contributed by atoms with Crippen LogP contribution in [0.25, 0.3) is 0 Å². The molecule has 10 heteroatoms. The minimum absolute atomic E-state index is 0.0503. The number of ether oxygens (including phenoxy) is 1. The van der Waals surface area contributed by atoms with Crippen LogP contribution in [0.1, 0.15) is 70.8 Å². The highest BCUT2D eigenvalue weighted by atomic mass is 19.1. The molecule has 58 heavy (non-hydrogen) atoms. The number of nitrogens with one attached hydrogen (secondary N) is 2. The van der Waals surface area contributed by atoms with Crippen LogP contribution in [-0.2, 0) is 38.4 Å². The Bertz CT molecular complexity index is 2250. The van der Waals surface area contributed by atoms with Gasteiger partial charge in [0.15, 0.2) is 11.6 Å². The quantitative estimate of drug-likeness (QED) is 0.160. The van der Waals surface area contributed by atoms with Crippen LogP contribution in [-0.4, -0.2) is 52.8 Å². The third kappa shape index (κ3) is 10.1. The Labute approximate surface area is 337 Å². The van der Waals surface area contributed by atoms with E-state index in [1.807, 2.05) is 48.5 Å². The van der Waals surface area contributed by atoms with Gasteiger partial charge < -0.3 is 20.3 Å². The van der Waals surface area contributed by atoms with Crippen molar-refractivity contribution < 1.29 is 33.1 Å². The largest absolute Gasteiger partial charge is 0.457 e. The van der Waals surface area contributed by atoms with Crippen molar-refractivity contribution in [2.45, 2.75) is 69.5 Å². The molecule has 0 aromatic heterocycles. The van der Waals surface area contributed by atoms with Gasteiger partial charge in [0.25, 0.3) is 5.91 Å². The first-order chi connectivity index (χ1) is 28.2. The van der Waals surface area contributed by atoms with Crippen molar-refractivity contribution >= 4 is 29.3 Å². The maximum atomic E-state index is 14.6. The summed E-state index contributed by atoms with van der Waals surface area (Å²) in [5.74, 6) is -2.65. The smallest absolute Gasteiger partial charge is 0.251 e. The summed E-state index contributed by atoms with van der Waals surface area (Å²) < 4.78 is 20.7. The van der Waals surface area contributed by atoms with Crippen molar-refractivity contribution in [3.8, 4) is 11.5 Å². The van der Waals surface area contributed by atoms with Gasteiger partial charge >= 0.3 is 0 Å². The van der Waals surface area contributed by atoms with Crippen LogP contribution in [0.2, 0.25) is 0 Å². The number of fused-ring (bicyclic) bond motifs is 10. The molecular formula is C48H46FN3O6. The number of nitrogens with zero attached hydrogens (tertiary/aromatic N) is 1. The van der Waals surface area contributed by atoms with Crippen molar-refractivity contribution in [3.05, 3.63) is 167 Å². The third-order valence-corrected chi connectivity index (χ3v) is 11.0. The van der Waals surface area contributed by atoms with E-state index >= 15 is 0 Å². The molecule has 3 aliphatic rings. The highest BCUT2D eigenvalue weighted by Gasteiger charge is 2.36. The van der Waals surface area contributed by atoms with Crippen molar-refractivity contribution in [1.29, 1.82) is 0 Å². The van der Waals surface area contributed by atoms with Gasteiger partial charge in [0.1, 0.15) is 17.3 Å². The predicted molar refractivity (Wildman–Crippen MR) is 218 cm³/mol. The number of carbonyl (C=O) groups excluding carboxylic acids is 5. The van der Waals surface area contributed by atoms with Crippen molar-refractivity contribution in [3.63, 3.8) is 0 Å². The first-order valence-electron chi connectivity index (χ1n) is 19.9. The maximum Gasteiger partial charge on any atom is 0.251 e. The van der Waals surface area contributed by atoms with Crippen molar-refractivity contribution in [2.75, 3.05) is 6.54 Å². The molecule has 1 saturated heterocycles. The average Bonchev–Trinajstić information content (AvgIpc) is 3.74. The van der Waals surface area contributed by atoms with Crippen LogP contribution in [0.3, 0.4) is 0 Å². The van der Waals surface area contributed by atoms with E-state index in [4.69, 9.17) is 4.74 Å². The standard InChI is InChI=1S/C48H46FN3O6/c49-40-18-8-7-12-34(40)22-25-44(53)41-28-32-20-23-38(24-21-32)58-39-17-9-11-33(27-39)29-42(51-47(56)36-15-5-2-6-16-36)45(54)30-37(48(57)50-41)31-46(55)52-26-10-19-43(52)35-13-3-1-4-14-35/h1-9,11-18,20-21,23-24,27,37,41-43H,10,19,22,25-26,28-31H2,(H,50,57)(H,51,56)/t37-,41-,42-,43+/m0/s1. The fraction of sp³-hybridized carbons (Fsp3) is 0.271. The molecule has 0 saturated carbocycles. The molecule has 1 fully saturated rings. The number of hydrogen-bond donors (Lipinski definition) is 2. The average molecular weight is 780 g/mol. The number of halogens is 1. The predicted octanol–water partition coefficient (Wildman–Crippen LogP) is 7.53. The highest BCUT2D eigenvalue weighted by Crippen LogP contribution is 2.33. The molecule has 5 aromatic carbocycles. The summed E-state index contributed by atoms with van der Waals surface area (Å²) in [6.07, 6.45) is 1.18. The summed E-state index contributed by atoms with van der Waals surface area (Å²) in [5.41, 5.74) is 3.19. The number of aryl methyl sites for hydroxylation is 1. The van der Waals surface area contributed by atoms with Crippen molar-refractivity contribution in [1.82, 2.24) is 15.5 Å². The van der Waals surface area contributed by atoms with Gasteiger partial charge in [0, 0.05) is 31.4 Å². The summed E-state index contributed by atoms with van der Waals surface area (Å²) >= 11 is 0. The molecule has 0 spiro atoms. The Morgan fingerprint density at radius 2 is 1.48 bits per heavy atom. The second kappa shape index (κ2) is 18.7. The van der Waals surface area contributed by atoms with Crippen LogP contribution in [0.5, 0.6) is 11.5 Å². The second-order valence-corrected chi connectivity index (χ2v) is 15.0. The second-order valence-electron chi connectivity index (χ2n) is 15.0. The lowest BCUT2D eigenvalue weighted by Crippen LogP contribution is -2.48. The summed E-state index contributed by atoms with van der Waals surface area (Å²) in [6.45, 7) is 0.502. The fourth-order valence-electron chi connectivity index (χ4n) is 7.84. The molecule has 4 atom stereocenters. The van der Waals surface area contributed by atoms with Gasteiger partial charge in [-0.2, -0.15) is 0 Å². The zero-order valence-corrected chi connectivity index (χ0v) is 32.1. The normalized spacial score (nSPS) is 19.8. The van der Waals surface area contributed by atoms with E-state index in [9.17, 15) is 28.4 Å². The Morgan fingerprint density at radius 1 is 0.759 bits per heavy atom. The molecule has 3 amide bonds. The lowest BCUT2D eigenvalue weighted by Gasteiger charge is -2.28. The molecule has 0 radical (unpaired) electrons. The van der Waals surface area contributed by atoms with Crippen LogP contribution in [0.4, 0.5) is 4.39 Å². The molecule has 0 unspecified atom stereocenters. The zero-order valence-electron chi connectivity index (χ0n) is 32.1. The van der Waals surface area contributed by atoms with Gasteiger partial charge in [0.2, 0.25) is 11.8 Å². The lowest BCUT2D eigenvalue weighted by molar-refractivity contribution is -0.139. The topological polar surface area (TPSA) is 122 Å². The molecular weight excluding hydrogens is 734 g/mol. The number of carbonyl (C=O) groups is 5. The van der Waals surface area contributed by atoms with Gasteiger partial charge in [0.05, 0.1) is 24.0 Å². The fourth-order valence-corrected chi connectivity index (χ4v) is 7.84. The number of ketones is 2. The van der Waals surface area contributed by atoms with E-state index < -0.39 is 41.4 Å². The van der Waals surface area contributed by atoms with Gasteiger partial charge in [-0.1, -0.05) is 91.0 Å². The third-order valence-electron chi connectivity index (χ3n) is 11.0. The number of amides is 3. The Morgan fingerprint density at radius 3 is 2.24 bits per heavy atom. The minimum Gasteiger partial charge on any atom is -0.457 e. The van der Waals surface area contributed by atoms with E-state index in [2.05, 4.69) is 10.6 Å². The number of benzene rings is 5. The van der Waals surface area contributed by atoms with E-state index in [1.54, 1.807) is 83.8 Å². The van der Waals surface area contributed by atoms with Crippen LogP contribution in [0, 0.1) is 11.7 Å². The van der Waals surface area contributed by atoms with E-state index in [1.165, 1.54) is 6.07 Å². The molecule has 3 heterocycles. The van der Waals surface area contributed by atoms with Gasteiger partial charge in [-0.15, -0.1) is 0 Å². The molecule has 3 aliphatic heterocycles. The van der Waals surface area contributed by atoms with Crippen LogP contribution < -0.4 is 15.4 Å². The maximum absolute atomic E-state index is 14.6. The van der Waals surface area contributed by atoms with E-state index in [-0.39, 0.29) is 56.3 Å². The minimum atomic E-state index is -1.16. The summed E-state index contributed by atoms with van der Waals surface area (Å²) in [7, 11) is 0. The SMILES string of the molecule is O=C(N[C@H]1Cc2cccc(c2)Oc2ccc(cc2)C[C@@H](C(=O)CCc2ccccc2F)NC(=O)[C@H](CC(=O)N2CCC[C@@H]2c2ccccc2)CC1=O)c1ccccc1. The summed E-state index contributed by atoms with van der Waals surface area (Å²) in [4.78, 5) is 72.6.